The van der Waals surface area contributed by atoms with Crippen molar-refractivity contribution in [2.45, 2.75) is 77.3 Å². The van der Waals surface area contributed by atoms with Gasteiger partial charge in [0.25, 0.3) is 0 Å². The van der Waals surface area contributed by atoms with Crippen molar-refractivity contribution in [2.24, 2.45) is 5.41 Å². The molecule has 0 aromatic heterocycles. The first-order chi connectivity index (χ1) is 13.4. The van der Waals surface area contributed by atoms with Crippen LogP contribution < -0.4 is 5.32 Å². The maximum Gasteiger partial charge on any atom is 0.237 e. The zero-order valence-electron chi connectivity index (χ0n) is 18.5. The van der Waals surface area contributed by atoms with Gasteiger partial charge in [-0.05, 0) is 85.4 Å². The highest BCUT2D eigenvalue weighted by Crippen LogP contribution is 2.53. The number of carbonyl (C=O) groups excluding carboxylic acids is 1. The lowest BCUT2D eigenvalue weighted by Crippen LogP contribution is -2.47. The molecule has 0 radical (unpaired) electrons. The molecule has 1 fully saturated rings. The maximum absolute atomic E-state index is 13.1. The minimum Gasteiger partial charge on any atom is -0.352 e. The highest BCUT2D eigenvalue weighted by Gasteiger charge is 2.42. The fraction of sp³-hybridized carbons (Fsp3) is 0.818. The molecule has 1 amide bonds. The Bertz CT molecular complexity index is 558. The molecule has 2 aliphatic rings. The molecule has 1 N–H and O–H groups in total. The molecule has 2 atom stereocenters. The summed E-state index contributed by atoms with van der Waals surface area (Å²) in [5.74, 6) is 0.161. The molecule has 28 heavy (non-hydrogen) atoms. The monoisotopic (exact) mass is 505 g/mol. The van der Waals surface area contributed by atoms with Gasteiger partial charge in [0, 0.05) is 12.2 Å². The summed E-state index contributed by atoms with van der Waals surface area (Å²) >= 11 is 0.159. The second kappa shape index (κ2) is 11.6. The van der Waals surface area contributed by atoms with Crippen LogP contribution in [0, 0.1) is 5.41 Å². The van der Waals surface area contributed by atoms with E-state index in [1.165, 1.54) is 42.1 Å². The Balaban J connectivity index is 1.97. The zero-order chi connectivity index (χ0) is 20.6. The summed E-state index contributed by atoms with van der Waals surface area (Å²) < 4.78 is 3.69. The number of nitrogens with one attached hydrogen (secondary N) is 1. The summed E-state index contributed by atoms with van der Waals surface area (Å²) in [5.41, 5.74) is 1.82. The molecule has 0 aromatic rings. The first-order valence-electron chi connectivity index (χ1n) is 10.8. The quantitative estimate of drug-likeness (QED) is 0.359. The molecular formula is C22H40IN3O2. The number of amides is 1. The van der Waals surface area contributed by atoms with Crippen LogP contribution in [0.2, 0.25) is 0 Å². The van der Waals surface area contributed by atoms with Gasteiger partial charge < -0.3 is 5.32 Å². The SMILES string of the molecule is CCCC1(C[C@@H](C)NC(=O)[C@H](C/C2=C/N(OC)CC=ICCC2)N(C)C)CC1. The van der Waals surface area contributed by atoms with Crippen LogP contribution in [0.5, 0.6) is 0 Å². The zero-order valence-corrected chi connectivity index (χ0v) is 20.6. The fourth-order valence-corrected chi connectivity index (χ4v) is 6.16. The maximum atomic E-state index is 13.1. The Morgan fingerprint density at radius 1 is 1.43 bits per heavy atom. The number of carbonyl (C=O) groups is 1. The average molecular weight is 505 g/mol. The molecule has 5 nitrogen and oxygen atoms in total. The molecule has 1 saturated carbocycles. The number of nitrogens with zero attached hydrogens (tertiary/aromatic N) is 2. The van der Waals surface area contributed by atoms with E-state index in [-0.39, 0.29) is 38.7 Å². The Morgan fingerprint density at radius 3 is 2.79 bits per heavy atom. The number of alkyl halides is 1. The van der Waals surface area contributed by atoms with Crippen LogP contribution in [0.1, 0.15) is 65.2 Å². The second-order valence-corrected chi connectivity index (χ2v) is 11.6. The molecule has 0 bridgehead atoms. The topological polar surface area (TPSA) is 44.8 Å². The van der Waals surface area contributed by atoms with Crippen molar-refractivity contribution in [3.8, 4) is 0 Å². The van der Waals surface area contributed by atoms with Crippen LogP contribution in [-0.2, 0) is 9.63 Å². The summed E-state index contributed by atoms with van der Waals surface area (Å²) in [6, 6.07) is 0.113. The van der Waals surface area contributed by atoms with E-state index in [0.29, 0.717) is 5.41 Å². The van der Waals surface area contributed by atoms with E-state index < -0.39 is 0 Å². The van der Waals surface area contributed by atoms with Crippen LogP contribution in [-0.4, -0.2) is 64.1 Å². The van der Waals surface area contributed by atoms with E-state index in [2.05, 4.69) is 34.3 Å². The minimum atomic E-state index is -0.131. The molecule has 1 heterocycles. The number of rotatable bonds is 10. The second-order valence-electron chi connectivity index (χ2n) is 8.72. The van der Waals surface area contributed by atoms with Gasteiger partial charge in [0.2, 0.25) is 5.91 Å². The highest BCUT2D eigenvalue weighted by molar-refractivity contribution is 14.2. The third-order valence-corrected chi connectivity index (χ3v) is 8.31. The van der Waals surface area contributed by atoms with E-state index in [1.54, 1.807) is 7.11 Å². The van der Waals surface area contributed by atoms with Gasteiger partial charge in [-0.2, -0.15) is 0 Å². The van der Waals surface area contributed by atoms with Gasteiger partial charge in [-0.3, -0.25) is 19.6 Å². The minimum absolute atomic E-state index is 0.131. The number of hydrogen-bond acceptors (Lipinski definition) is 4. The van der Waals surface area contributed by atoms with Crippen molar-refractivity contribution >= 4 is 30.6 Å². The lowest BCUT2D eigenvalue weighted by Gasteiger charge is -2.28. The molecule has 1 aliphatic heterocycles. The van der Waals surface area contributed by atoms with Gasteiger partial charge in [0.1, 0.15) is 0 Å². The van der Waals surface area contributed by atoms with Gasteiger partial charge in [0.15, 0.2) is 0 Å². The van der Waals surface area contributed by atoms with Gasteiger partial charge in [-0.1, -0.05) is 13.3 Å². The lowest BCUT2D eigenvalue weighted by atomic mass is 9.92. The molecule has 2 rings (SSSR count). The standard InChI is InChI=1S/C22H40IN3O2/c1-6-9-22(10-11-22)16-18(2)24-21(27)20(25(3)4)15-19-8-7-12-23-13-14-26(17-19)28-5/h13,17-18,20H,6-12,14-16H2,1-5H3,(H,24,27)/b19-17+/t18-,20+/m1/s1. The average Bonchev–Trinajstić information content (AvgIpc) is 3.36. The van der Waals surface area contributed by atoms with E-state index in [9.17, 15) is 4.79 Å². The van der Waals surface area contributed by atoms with Crippen LogP contribution in [0.15, 0.2) is 11.8 Å². The van der Waals surface area contributed by atoms with Crippen molar-refractivity contribution < 1.29 is 9.63 Å². The highest BCUT2D eigenvalue weighted by atomic mass is 127. The Kier molecular flexibility index (Phi) is 9.90. The number of hydroxylamine groups is 2. The van der Waals surface area contributed by atoms with Crippen molar-refractivity contribution in [3.05, 3.63) is 11.8 Å². The lowest BCUT2D eigenvalue weighted by molar-refractivity contribution is -0.126. The van der Waals surface area contributed by atoms with Crippen LogP contribution in [0.25, 0.3) is 0 Å². The number of halogens is 1. The van der Waals surface area contributed by atoms with Crippen LogP contribution in [0.4, 0.5) is 0 Å². The van der Waals surface area contributed by atoms with E-state index >= 15 is 0 Å². The van der Waals surface area contributed by atoms with Gasteiger partial charge in [-0.15, -0.1) is 20.7 Å². The van der Waals surface area contributed by atoms with Gasteiger partial charge in [-0.25, -0.2) is 0 Å². The number of likely N-dealkylation sites (N-methyl/N-ethyl adjacent to an activating group) is 1. The predicted molar refractivity (Wildman–Crippen MR) is 127 cm³/mol. The molecule has 0 aromatic carbocycles. The smallest absolute Gasteiger partial charge is 0.237 e. The van der Waals surface area contributed by atoms with E-state index in [4.69, 9.17) is 4.84 Å². The predicted octanol–water partition coefficient (Wildman–Crippen LogP) is 4.10. The third-order valence-electron chi connectivity index (χ3n) is 5.91. The molecule has 6 heteroatoms. The Morgan fingerprint density at radius 2 is 2.18 bits per heavy atom. The molecular weight excluding hydrogens is 465 g/mol. The first kappa shape index (κ1) is 23.8. The largest absolute Gasteiger partial charge is 0.352 e. The molecule has 1 aliphatic carbocycles. The summed E-state index contributed by atoms with van der Waals surface area (Å²) in [6.07, 6.45) is 11.5. The molecule has 162 valence electrons. The molecule has 0 saturated heterocycles. The van der Waals surface area contributed by atoms with E-state index in [0.717, 1.165) is 25.8 Å². The normalized spacial score (nSPS) is 23.5. The van der Waals surface area contributed by atoms with Gasteiger partial charge >= 0.3 is 0 Å². The Hall–Kier alpha value is -0.470. The summed E-state index contributed by atoms with van der Waals surface area (Å²) in [5, 5.41) is 5.23. The van der Waals surface area contributed by atoms with Crippen LogP contribution in [0.3, 0.4) is 0 Å². The van der Waals surface area contributed by atoms with Crippen molar-refractivity contribution in [3.63, 3.8) is 0 Å². The Labute approximate surface area is 181 Å². The van der Waals surface area contributed by atoms with Gasteiger partial charge in [0.05, 0.1) is 19.7 Å². The first-order valence-corrected chi connectivity index (χ1v) is 13.5. The summed E-state index contributed by atoms with van der Waals surface area (Å²) in [4.78, 5) is 20.6. The third kappa shape index (κ3) is 7.75. The summed E-state index contributed by atoms with van der Waals surface area (Å²) in [7, 11) is 5.74. The van der Waals surface area contributed by atoms with E-state index in [1.807, 2.05) is 19.2 Å². The van der Waals surface area contributed by atoms with Crippen LogP contribution >= 0.6 is 20.7 Å². The fourth-order valence-electron chi connectivity index (χ4n) is 4.23. The summed E-state index contributed by atoms with van der Waals surface area (Å²) in [6.45, 7) is 5.29. The molecule has 0 unspecified atom stereocenters. The number of hydrogen-bond donors (Lipinski definition) is 1. The van der Waals surface area contributed by atoms with Crippen molar-refractivity contribution in [2.75, 3.05) is 32.2 Å². The molecule has 0 spiro atoms. The van der Waals surface area contributed by atoms with Crippen molar-refractivity contribution in [1.82, 2.24) is 15.3 Å². The van der Waals surface area contributed by atoms with Crippen molar-refractivity contribution in [1.29, 1.82) is 0 Å².